The number of ether oxygens (including phenoxy) is 3. The van der Waals surface area contributed by atoms with E-state index in [-0.39, 0.29) is 23.1 Å². The molecule has 0 aromatic rings. The fourth-order valence-electron chi connectivity index (χ4n) is 3.85. The third kappa shape index (κ3) is 8.34. The van der Waals surface area contributed by atoms with Gasteiger partial charge in [0.25, 0.3) is 0 Å². The number of carbonyl (C=O) groups excluding carboxylic acids is 2. The van der Waals surface area contributed by atoms with Gasteiger partial charge in [0.1, 0.15) is 5.60 Å². The molecule has 0 bridgehead atoms. The number of hydrogen-bond acceptors (Lipinski definition) is 5. The van der Waals surface area contributed by atoms with Gasteiger partial charge in [-0.1, -0.05) is 61.7 Å². The lowest BCUT2D eigenvalue weighted by Crippen LogP contribution is -2.38. The van der Waals surface area contributed by atoms with Crippen molar-refractivity contribution in [3.63, 3.8) is 0 Å². The fourth-order valence-corrected chi connectivity index (χ4v) is 4.13. The van der Waals surface area contributed by atoms with Crippen molar-refractivity contribution in [2.75, 3.05) is 13.7 Å². The van der Waals surface area contributed by atoms with Crippen LogP contribution in [-0.2, 0) is 23.8 Å². The lowest BCUT2D eigenvalue weighted by atomic mass is 9.91. The minimum Gasteiger partial charge on any atom is -0.469 e. The van der Waals surface area contributed by atoms with Crippen molar-refractivity contribution in [1.29, 1.82) is 0 Å². The van der Waals surface area contributed by atoms with E-state index in [0.29, 0.717) is 37.9 Å². The maximum Gasteiger partial charge on any atom is 0.305 e. The molecule has 32 heavy (non-hydrogen) atoms. The van der Waals surface area contributed by atoms with E-state index in [2.05, 4.69) is 23.8 Å². The quantitative estimate of drug-likeness (QED) is 0.138. The molecule has 1 aliphatic carbocycles. The van der Waals surface area contributed by atoms with Crippen LogP contribution in [0, 0.1) is 0 Å². The third-order valence-electron chi connectivity index (χ3n) is 5.70. The number of allylic oxidation sites excluding steroid dienone is 5. The van der Waals surface area contributed by atoms with Crippen LogP contribution >= 0.6 is 11.6 Å². The van der Waals surface area contributed by atoms with Gasteiger partial charge in [0.05, 0.1) is 12.1 Å². The zero-order valence-corrected chi connectivity index (χ0v) is 20.2. The SMILES string of the molecule is CCCCC/C=C\CC1(OC2CCCCO2)C=C(Cl)C(=O)/C1=C\C=C\CCCC(=O)OC. The molecule has 2 rings (SSSR count). The molecule has 1 fully saturated rings. The van der Waals surface area contributed by atoms with Gasteiger partial charge in [-0.2, -0.15) is 0 Å². The van der Waals surface area contributed by atoms with Gasteiger partial charge in [0.2, 0.25) is 5.78 Å². The zero-order chi connectivity index (χ0) is 23.2. The van der Waals surface area contributed by atoms with E-state index in [0.717, 1.165) is 32.1 Å². The average molecular weight is 465 g/mol. The van der Waals surface area contributed by atoms with Crippen molar-refractivity contribution >= 4 is 23.4 Å². The van der Waals surface area contributed by atoms with E-state index in [9.17, 15) is 9.59 Å². The number of hydrogen-bond donors (Lipinski definition) is 0. The topological polar surface area (TPSA) is 61.8 Å². The summed E-state index contributed by atoms with van der Waals surface area (Å²) in [5, 5.41) is 0.186. The first-order chi connectivity index (χ1) is 15.5. The van der Waals surface area contributed by atoms with E-state index < -0.39 is 5.60 Å². The molecule has 0 amide bonds. The number of Topliss-reactive ketones (excluding diaryl/α,β-unsaturated/α-hetero) is 1. The van der Waals surface area contributed by atoms with E-state index in [1.54, 1.807) is 12.2 Å². The fraction of sp³-hybridized carbons (Fsp3) is 0.615. The first kappa shape index (κ1) is 26.6. The molecule has 1 heterocycles. The molecule has 5 nitrogen and oxygen atoms in total. The summed E-state index contributed by atoms with van der Waals surface area (Å²) < 4.78 is 16.9. The van der Waals surface area contributed by atoms with Gasteiger partial charge in [-0.15, -0.1) is 0 Å². The Balaban J connectivity index is 2.14. The van der Waals surface area contributed by atoms with E-state index in [1.165, 1.54) is 20.0 Å². The second-order valence-electron chi connectivity index (χ2n) is 8.27. The summed E-state index contributed by atoms with van der Waals surface area (Å²) in [6, 6.07) is 0. The Morgan fingerprint density at radius 2 is 2.03 bits per heavy atom. The molecule has 2 unspecified atom stereocenters. The van der Waals surface area contributed by atoms with Gasteiger partial charge < -0.3 is 14.2 Å². The highest BCUT2D eigenvalue weighted by Gasteiger charge is 2.45. The van der Waals surface area contributed by atoms with Crippen molar-refractivity contribution in [3.8, 4) is 0 Å². The predicted molar refractivity (Wildman–Crippen MR) is 127 cm³/mol. The summed E-state index contributed by atoms with van der Waals surface area (Å²) in [5.41, 5.74) is -0.396. The van der Waals surface area contributed by atoms with Crippen molar-refractivity contribution in [3.05, 3.63) is 47.1 Å². The van der Waals surface area contributed by atoms with Crippen LogP contribution in [0.4, 0.5) is 0 Å². The highest BCUT2D eigenvalue weighted by Crippen LogP contribution is 2.41. The number of carbonyl (C=O) groups is 2. The summed E-state index contributed by atoms with van der Waals surface area (Å²) in [7, 11) is 1.39. The molecule has 0 spiro atoms. The van der Waals surface area contributed by atoms with Crippen LogP contribution in [0.5, 0.6) is 0 Å². The molecule has 6 heteroatoms. The Morgan fingerprint density at radius 1 is 1.22 bits per heavy atom. The Bertz CT molecular complexity index is 730. The average Bonchev–Trinajstić information content (AvgIpc) is 3.02. The van der Waals surface area contributed by atoms with Gasteiger partial charge >= 0.3 is 5.97 Å². The smallest absolute Gasteiger partial charge is 0.305 e. The number of halogens is 1. The first-order valence-electron chi connectivity index (χ1n) is 11.8. The van der Waals surface area contributed by atoms with Crippen molar-refractivity contribution in [1.82, 2.24) is 0 Å². The highest BCUT2D eigenvalue weighted by molar-refractivity contribution is 6.46. The molecule has 0 N–H and O–H groups in total. The van der Waals surface area contributed by atoms with Crippen molar-refractivity contribution in [2.24, 2.45) is 0 Å². The van der Waals surface area contributed by atoms with E-state index in [1.807, 2.05) is 12.2 Å². The lowest BCUT2D eigenvalue weighted by molar-refractivity contribution is -0.199. The van der Waals surface area contributed by atoms with Crippen LogP contribution in [0.1, 0.15) is 77.6 Å². The molecule has 2 atom stereocenters. The summed E-state index contributed by atoms with van der Waals surface area (Å²) in [4.78, 5) is 24.1. The summed E-state index contributed by atoms with van der Waals surface area (Å²) >= 11 is 6.30. The zero-order valence-electron chi connectivity index (χ0n) is 19.4. The van der Waals surface area contributed by atoms with Crippen LogP contribution in [0.2, 0.25) is 0 Å². The molecular formula is C26H37ClO5. The molecule has 178 valence electrons. The van der Waals surface area contributed by atoms with Gasteiger partial charge in [-0.25, -0.2) is 0 Å². The van der Waals surface area contributed by atoms with Crippen molar-refractivity contribution < 1.29 is 23.8 Å². The number of ketones is 1. The molecular weight excluding hydrogens is 428 g/mol. The third-order valence-corrected chi connectivity index (χ3v) is 5.98. The Labute approximate surface area is 197 Å². The predicted octanol–water partition coefficient (Wildman–Crippen LogP) is 6.33. The normalized spacial score (nSPS) is 25.2. The minimum absolute atomic E-state index is 0.186. The monoisotopic (exact) mass is 464 g/mol. The van der Waals surface area contributed by atoms with E-state index >= 15 is 0 Å². The maximum atomic E-state index is 12.9. The summed E-state index contributed by atoms with van der Waals surface area (Å²) in [6.45, 7) is 2.85. The molecule has 0 saturated carbocycles. The number of methoxy groups -OCH3 is 1. The lowest BCUT2D eigenvalue weighted by Gasteiger charge is -2.34. The van der Waals surface area contributed by atoms with Gasteiger partial charge in [-0.3, -0.25) is 9.59 Å². The van der Waals surface area contributed by atoms with E-state index in [4.69, 9.17) is 21.1 Å². The largest absolute Gasteiger partial charge is 0.469 e. The number of esters is 1. The Morgan fingerprint density at radius 3 is 2.75 bits per heavy atom. The van der Waals surface area contributed by atoms with Crippen LogP contribution in [0.3, 0.4) is 0 Å². The van der Waals surface area contributed by atoms with Crippen LogP contribution in [-0.4, -0.2) is 37.4 Å². The maximum absolute atomic E-state index is 12.9. The first-order valence-corrected chi connectivity index (χ1v) is 12.2. The molecule has 1 aliphatic heterocycles. The van der Waals surface area contributed by atoms with Crippen LogP contribution in [0.25, 0.3) is 0 Å². The van der Waals surface area contributed by atoms with Crippen LogP contribution < -0.4 is 0 Å². The molecule has 1 saturated heterocycles. The Kier molecular flexibility index (Phi) is 12.0. The minimum atomic E-state index is -0.923. The number of unbranched alkanes of at least 4 members (excludes halogenated alkanes) is 4. The van der Waals surface area contributed by atoms with Gasteiger partial charge in [-0.05, 0) is 51.0 Å². The summed E-state index contributed by atoms with van der Waals surface area (Å²) in [5.74, 6) is -0.426. The number of rotatable bonds is 13. The summed E-state index contributed by atoms with van der Waals surface area (Å²) in [6.07, 6.45) is 20.9. The highest BCUT2D eigenvalue weighted by atomic mass is 35.5. The Hall–Kier alpha value is -1.69. The van der Waals surface area contributed by atoms with Crippen molar-refractivity contribution in [2.45, 2.75) is 89.4 Å². The van der Waals surface area contributed by atoms with Gasteiger partial charge in [0, 0.05) is 25.0 Å². The molecule has 0 aromatic carbocycles. The molecule has 0 aromatic heterocycles. The second-order valence-corrected chi connectivity index (χ2v) is 8.68. The van der Waals surface area contributed by atoms with Gasteiger partial charge in [0.15, 0.2) is 6.29 Å². The van der Waals surface area contributed by atoms with Crippen LogP contribution in [0.15, 0.2) is 47.1 Å². The molecule has 0 radical (unpaired) electrons. The molecule has 2 aliphatic rings. The second kappa shape index (κ2) is 14.5. The standard InChI is InChI=1S/C26H37ClO5/c1-3-4-5-6-9-13-18-26(32-24-17-12-14-19-31-24)20-22(27)25(29)21(26)15-10-7-8-11-16-23(28)30-2/h7,9-10,13,15,20,24H,3-6,8,11-12,14,16-19H2,1-2H3/b10-7+,13-9-,21-15+.